The van der Waals surface area contributed by atoms with E-state index in [1.165, 1.54) is 36.9 Å². The molecule has 2 N–H and O–H groups in total. The molecule has 1 aliphatic heterocycles. The third-order valence-electron chi connectivity index (χ3n) is 5.74. The summed E-state index contributed by atoms with van der Waals surface area (Å²) in [5.74, 6) is 0.816. The largest absolute Gasteiger partial charge is 0.356 e. The van der Waals surface area contributed by atoms with E-state index in [1.807, 2.05) is 6.20 Å². The number of carbonyl (C=O) groups is 1. The number of H-pyrrole nitrogens is 1. The fraction of sp³-hybridized carbons (Fsp3) is 0.778. The molecular formula is C18H30N4O. The van der Waals surface area contributed by atoms with Gasteiger partial charge < -0.3 is 10.2 Å². The van der Waals surface area contributed by atoms with Gasteiger partial charge in [0, 0.05) is 36.7 Å². The van der Waals surface area contributed by atoms with Gasteiger partial charge in [-0.3, -0.25) is 9.89 Å². The van der Waals surface area contributed by atoms with E-state index in [1.54, 1.807) is 0 Å². The summed E-state index contributed by atoms with van der Waals surface area (Å²) in [6, 6.07) is 0. The molecule has 0 atom stereocenters. The van der Waals surface area contributed by atoms with Crippen molar-refractivity contribution in [2.75, 3.05) is 20.1 Å². The monoisotopic (exact) mass is 318 g/mol. The van der Waals surface area contributed by atoms with Crippen molar-refractivity contribution in [2.45, 2.75) is 64.3 Å². The SMILES string of the molecule is CCCCN(C)Cc1cn[nH]c1C1CCC2(CC1)CNC(=O)C2. The van der Waals surface area contributed by atoms with Crippen LogP contribution in [0.4, 0.5) is 0 Å². The van der Waals surface area contributed by atoms with Crippen molar-refractivity contribution in [1.82, 2.24) is 20.4 Å². The number of aromatic amines is 1. The lowest BCUT2D eigenvalue weighted by atomic mass is 9.69. The zero-order valence-corrected chi connectivity index (χ0v) is 14.5. The molecule has 128 valence electrons. The van der Waals surface area contributed by atoms with E-state index in [0.29, 0.717) is 5.92 Å². The molecule has 23 heavy (non-hydrogen) atoms. The zero-order valence-electron chi connectivity index (χ0n) is 14.5. The maximum Gasteiger partial charge on any atom is 0.220 e. The van der Waals surface area contributed by atoms with Gasteiger partial charge in [-0.15, -0.1) is 0 Å². The van der Waals surface area contributed by atoms with Crippen molar-refractivity contribution < 1.29 is 4.79 Å². The number of carbonyl (C=O) groups excluding carboxylic acids is 1. The van der Waals surface area contributed by atoms with Gasteiger partial charge in [0.1, 0.15) is 0 Å². The van der Waals surface area contributed by atoms with Crippen LogP contribution in [0.2, 0.25) is 0 Å². The van der Waals surface area contributed by atoms with Crippen molar-refractivity contribution in [1.29, 1.82) is 0 Å². The number of hydrogen-bond donors (Lipinski definition) is 2. The third kappa shape index (κ3) is 3.77. The Labute approximate surface area is 139 Å². The molecule has 0 aromatic carbocycles. The van der Waals surface area contributed by atoms with E-state index >= 15 is 0 Å². The van der Waals surface area contributed by atoms with Crippen LogP contribution in [0, 0.1) is 5.41 Å². The molecule has 1 saturated heterocycles. The molecule has 2 heterocycles. The van der Waals surface area contributed by atoms with Crippen molar-refractivity contribution >= 4 is 5.91 Å². The fourth-order valence-electron chi connectivity index (χ4n) is 4.22. The quantitative estimate of drug-likeness (QED) is 0.848. The lowest BCUT2D eigenvalue weighted by Crippen LogP contribution is -2.29. The highest BCUT2D eigenvalue weighted by atomic mass is 16.1. The first kappa shape index (κ1) is 16.5. The second kappa shape index (κ2) is 7.04. The van der Waals surface area contributed by atoms with E-state index in [2.05, 4.69) is 34.4 Å². The molecule has 5 nitrogen and oxygen atoms in total. The lowest BCUT2D eigenvalue weighted by molar-refractivity contribution is -0.119. The van der Waals surface area contributed by atoms with Gasteiger partial charge in [0.15, 0.2) is 0 Å². The molecular weight excluding hydrogens is 288 g/mol. The number of aromatic nitrogens is 2. The summed E-state index contributed by atoms with van der Waals surface area (Å²) in [5.41, 5.74) is 2.93. The smallest absolute Gasteiger partial charge is 0.220 e. The lowest BCUT2D eigenvalue weighted by Gasteiger charge is -2.36. The van der Waals surface area contributed by atoms with Crippen LogP contribution in [-0.2, 0) is 11.3 Å². The Morgan fingerprint density at radius 2 is 2.17 bits per heavy atom. The molecule has 1 saturated carbocycles. The molecule has 2 aliphatic rings. The van der Waals surface area contributed by atoms with Crippen LogP contribution in [-0.4, -0.2) is 41.1 Å². The standard InChI is InChI=1S/C18H30N4O/c1-3-4-9-22(2)12-15-11-20-21-17(15)14-5-7-18(8-6-14)10-16(23)19-13-18/h11,14H,3-10,12-13H2,1-2H3,(H,19,23)(H,20,21). The van der Waals surface area contributed by atoms with Gasteiger partial charge in [-0.25, -0.2) is 0 Å². The van der Waals surface area contributed by atoms with Gasteiger partial charge in [0.2, 0.25) is 5.91 Å². The zero-order chi connectivity index (χ0) is 16.3. The number of nitrogens with one attached hydrogen (secondary N) is 2. The van der Waals surface area contributed by atoms with Gasteiger partial charge in [-0.2, -0.15) is 5.10 Å². The minimum Gasteiger partial charge on any atom is -0.356 e. The summed E-state index contributed by atoms with van der Waals surface area (Å²) in [4.78, 5) is 13.9. The highest BCUT2D eigenvalue weighted by Crippen LogP contribution is 2.46. The van der Waals surface area contributed by atoms with Gasteiger partial charge in [0.05, 0.1) is 6.20 Å². The first-order chi connectivity index (χ1) is 11.1. The number of amides is 1. The van der Waals surface area contributed by atoms with Crippen LogP contribution in [0.25, 0.3) is 0 Å². The van der Waals surface area contributed by atoms with E-state index in [9.17, 15) is 4.79 Å². The van der Waals surface area contributed by atoms with Gasteiger partial charge in [0.25, 0.3) is 0 Å². The topological polar surface area (TPSA) is 61.0 Å². The predicted molar refractivity (Wildman–Crippen MR) is 91.1 cm³/mol. The highest BCUT2D eigenvalue weighted by molar-refractivity contribution is 5.79. The maximum absolute atomic E-state index is 11.6. The molecule has 1 amide bonds. The highest BCUT2D eigenvalue weighted by Gasteiger charge is 2.41. The molecule has 0 unspecified atom stereocenters. The Balaban J connectivity index is 1.58. The normalized spacial score (nSPS) is 27.8. The molecule has 1 aromatic heterocycles. The summed E-state index contributed by atoms with van der Waals surface area (Å²) >= 11 is 0. The molecule has 0 bridgehead atoms. The average molecular weight is 318 g/mol. The number of hydrogen-bond acceptors (Lipinski definition) is 3. The molecule has 2 fully saturated rings. The van der Waals surface area contributed by atoms with E-state index in [4.69, 9.17) is 0 Å². The average Bonchev–Trinajstić information content (AvgIpc) is 3.14. The minimum absolute atomic E-state index is 0.239. The molecule has 1 aliphatic carbocycles. The Morgan fingerprint density at radius 1 is 1.39 bits per heavy atom. The van der Waals surface area contributed by atoms with Crippen molar-refractivity contribution in [2.24, 2.45) is 5.41 Å². The summed E-state index contributed by atoms with van der Waals surface area (Å²) in [7, 11) is 2.19. The minimum atomic E-state index is 0.239. The van der Waals surface area contributed by atoms with Crippen molar-refractivity contribution in [3.8, 4) is 0 Å². The second-order valence-corrected chi connectivity index (χ2v) is 7.63. The summed E-state index contributed by atoms with van der Waals surface area (Å²) in [6.45, 7) is 5.24. The Hall–Kier alpha value is -1.36. The molecule has 3 rings (SSSR count). The molecule has 0 radical (unpaired) electrons. The van der Waals surface area contributed by atoms with E-state index < -0.39 is 0 Å². The molecule has 5 heteroatoms. The first-order valence-electron chi connectivity index (χ1n) is 9.09. The number of rotatable bonds is 6. The Morgan fingerprint density at radius 3 is 2.83 bits per heavy atom. The fourth-order valence-corrected chi connectivity index (χ4v) is 4.22. The maximum atomic E-state index is 11.6. The summed E-state index contributed by atoms with van der Waals surface area (Å²) < 4.78 is 0. The number of unbranched alkanes of at least 4 members (excludes halogenated alkanes) is 1. The van der Waals surface area contributed by atoms with E-state index in [-0.39, 0.29) is 11.3 Å². The van der Waals surface area contributed by atoms with Gasteiger partial charge in [-0.05, 0) is 51.1 Å². The predicted octanol–water partition coefficient (Wildman–Crippen LogP) is 2.81. The summed E-state index contributed by atoms with van der Waals surface area (Å²) in [6.07, 6.45) is 9.86. The molecule has 1 aromatic rings. The van der Waals surface area contributed by atoms with Gasteiger partial charge >= 0.3 is 0 Å². The van der Waals surface area contributed by atoms with Gasteiger partial charge in [-0.1, -0.05) is 13.3 Å². The van der Waals surface area contributed by atoms with Crippen LogP contribution in [0.1, 0.15) is 69.0 Å². The number of nitrogens with zero attached hydrogens (tertiary/aromatic N) is 2. The van der Waals surface area contributed by atoms with Crippen LogP contribution >= 0.6 is 0 Å². The van der Waals surface area contributed by atoms with E-state index in [0.717, 1.165) is 38.9 Å². The Bertz CT molecular complexity index is 531. The summed E-state index contributed by atoms with van der Waals surface area (Å²) in [5, 5.41) is 10.6. The van der Waals surface area contributed by atoms with Crippen LogP contribution < -0.4 is 5.32 Å². The van der Waals surface area contributed by atoms with Crippen molar-refractivity contribution in [3.63, 3.8) is 0 Å². The van der Waals surface area contributed by atoms with Crippen LogP contribution in [0.5, 0.6) is 0 Å². The first-order valence-corrected chi connectivity index (χ1v) is 9.09. The van der Waals surface area contributed by atoms with Crippen molar-refractivity contribution in [3.05, 3.63) is 17.5 Å². The second-order valence-electron chi connectivity index (χ2n) is 7.63. The Kier molecular flexibility index (Phi) is 5.05. The van der Waals surface area contributed by atoms with Crippen LogP contribution in [0.3, 0.4) is 0 Å². The van der Waals surface area contributed by atoms with Crippen LogP contribution in [0.15, 0.2) is 6.20 Å². The third-order valence-corrected chi connectivity index (χ3v) is 5.74. The molecule has 1 spiro atoms.